The summed E-state index contributed by atoms with van der Waals surface area (Å²) in [7, 11) is 0. The number of nitrogens with one attached hydrogen (secondary N) is 1. The van der Waals surface area contributed by atoms with E-state index in [1.54, 1.807) is 0 Å². The van der Waals surface area contributed by atoms with Crippen molar-refractivity contribution in [2.24, 2.45) is 0 Å². The summed E-state index contributed by atoms with van der Waals surface area (Å²) in [4.78, 5) is 6.79. The van der Waals surface area contributed by atoms with Crippen LogP contribution in [0.3, 0.4) is 0 Å². The SMILES string of the molecule is Cc1oc(CN2CCn3ccnc3C2)cc1CNC(C)C. The number of fused-ring (bicyclic) bond motifs is 1. The van der Waals surface area contributed by atoms with Gasteiger partial charge < -0.3 is 14.3 Å². The fourth-order valence-corrected chi connectivity index (χ4v) is 2.73. The lowest BCUT2D eigenvalue weighted by molar-refractivity contribution is 0.193. The molecule has 1 N–H and O–H groups in total. The highest BCUT2D eigenvalue weighted by atomic mass is 16.3. The fourth-order valence-electron chi connectivity index (χ4n) is 2.73. The van der Waals surface area contributed by atoms with E-state index >= 15 is 0 Å². The van der Waals surface area contributed by atoms with E-state index in [0.29, 0.717) is 6.04 Å². The molecule has 0 aromatic carbocycles. The molecule has 0 bridgehead atoms. The van der Waals surface area contributed by atoms with Gasteiger partial charge in [0.25, 0.3) is 0 Å². The second-order valence-electron chi connectivity index (χ2n) is 6.08. The Kier molecular flexibility index (Phi) is 4.12. The third-order valence-corrected chi connectivity index (χ3v) is 3.98. The predicted octanol–water partition coefficient (Wildman–Crippen LogP) is 2.30. The summed E-state index contributed by atoms with van der Waals surface area (Å²) in [6, 6.07) is 2.68. The topological polar surface area (TPSA) is 46.2 Å². The molecule has 0 amide bonds. The molecule has 0 saturated heterocycles. The molecule has 0 unspecified atom stereocenters. The van der Waals surface area contributed by atoms with Crippen LogP contribution in [0.4, 0.5) is 0 Å². The molecule has 3 heterocycles. The van der Waals surface area contributed by atoms with Crippen molar-refractivity contribution in [1.29, 1.82) is 0 Å². The van der Waals surface area contributed by atoms with Crippen LogP contribution in [0.15, 0.2) is 22.9 Å². The number of imidazole rings is 1. The van der Waals surface area contributed by atoms with Crippen LogP contribution >= 0.6 is 0 Å². The van der Waals surface area contributed by atoms with Gasteiger partial charge in [-0.3, -0.25) is 4.90 Å². The Bertz CT molecular complexity index is 599. The van der Waals surface area contributed by atoms with Crippen LogP contribution in [0.5, 0.6) is 0 Å². The molecule has 3 rings (SSSR count). The van der Waals surface area contributed by atoms with E-state index in [1.807, 2.05) is 13.1 Å². The van der Waals surface area contributed by atoms with E-state index in [2.05, 4.69) is 45.9 Å². The van der Waals surface area contributed by atoms with Crippen molar-refractivity contribution in [2.75, 3.05) is 6.54 Å². The van der Waals surface area contributed by atoms with Gasteiger partial charge >= 0.3 is 0 Å². The van der Waals surface area contributed by atoms with Gasteiger partial charge in [0, 0.05) is 43.6 Å². The standard InChI is InChI=1S/C16H24N4O/c1-12(2)18-9-14-8-15(21-13(14)3)10-19-6-7-20-5-4-17-16(20)11-19/h4-5,8,12,18H,6-7,9-11H2,1-3H3. The molecule has 2 aromatic rings. The summed E-state index contributed by atoms with van der Waals surface area (Å²) in [6.45, 7) is 11.0. The molecule has 5 nitrogen and oxygen atoms in total. The number of hydrogen-bond acceptors (Lipinski definition) is 4. The van der Waals surface area contributed by atoms with Gasteiger partial charge in [0.05, 0.1) is 13.1 Å². The summed E-state index contributed by atoms with van der Waals surface area (Å²) in [5.41, 5.74) is 1.26. The van der Waals surface area contributed by atoms with E-state index in [0.717, 1.165) is 50.1 Å². The maximum absolute atomic E-state index is 5.91. The zero-order chi connectivity index (χ0) is 14.8. The van der Waals surface area contributed by atoms with E-state index in [1.165, 1.54) is 5.56 Å². The third kappa shape index (κ3) is 3.36. The summed E-state index contributed by atoms with van der Waals surface area (Å²) in [6.07, 6.45) is 3.94. The fraction of sp³-hybridized carbons (Fsp3) is 0.562. The van der Waals surface area contributed by atoms with Gasteiger partial charge in [0.2, 0.25) is 0 Å². The van der Waals surface area contributed by atoms with E-state index in [9.17, 15) is 0 Å². The molecular formula is C16H24N4O. The first kappa shape index (κ1) is 14.4. The summed E-state index contributed by atoms with van der Waals surface area (Å²) in [5.74, 6) is 3.22. The summed E-state index contributed by atoms with van der Waals surface area (Å²) >= 11 is 0. The highest BCUT2D eigenvalue weighted by Crippen LogP contribution is 2.19. The van der Waals surface area contributed by atoms with E-state index in [-0.39, 0.29) is 0 Å². The number of hydrogen-bond donors (Lipinski definition) is 1. The zero-order valence-electron chi connectivity index (χ0n) is 13.1. The predicted molar refractivity (Wildman–Crippen MR) is 81.8 cm³/mol. The number of rotatable bonds is 5. The first-order chi connectivity index (χ1) is 10.1. The lowest BCUT2D eigenvalue weighted by atomic mass is 10.2. The molecule has 0 atom stereocenters. The molecule has 2 aromatic heterocycles. The van der Waals surface area contributed by atoms with Crippen molar-refractivity contribution in [1.82, 2.24) is 19.8 Å². The van der Waals surface area contributed by atoms with Crippen molar-refractivity contribution in [3.8, 4) is 0 Å². The molecular weight excluding hydrogens is 264 g/mol. The highest BCUT2D eigenvalue weighted by molar-refractivity contribution is 5.20. The minimum Gasteiger partial charge on any atom is -0.465 e. The van der Waals surface area contributed by atoms with Gasteiger partial charge in [-0.1, -0.05) is 13.8 Å². The molecule has 5 heteroatoms. The Morgan fingerprint density at radius 3 is 3.05 bits per heavy atom. The third-order valence-electron chi connectivity index (χ3n) is 3.98. The second-order valence-corrected chi connectivity index (χ2v) is 6.08. The Morgan fingerprint density at radius 1 is 1.38 bits per heavy atom. The molecule has 21 heavy (non-hydrogen) atoms. The Morgan fingerprint density at radius 2 is 2.24 bits per heavy atom. The number of furan rings is 1. The molecule has 0 radical (unpaired) electrons. The van der Waals surface area contributed by atoms with Gasteiger partial charge in [-0.05, 0) is 13.0 Å². The van der Waals surface area contributed by atoms with Crippen LogP contribution in [0.25, 0.3) is 0 Å². The van der Waals surface area contributed by atoms with Gasteiger partial charge in [-0.25, -0.2) is 4.98 Å². The van der Waals surface area contributed by atoms with Crippen LogP contribution in [-0.2, 0) is 26.2 Å². The van der Waals surface area contributed by atoms with Gasteiger partial charge in [0.15, 0.2) is 0 Å². The summed E-state index contributed by atoms with van der Waals surface area (Å²) < 4.78 is 8.13. The quantitative estimate of drug-likeness (QED) is 0.917. The average Bonchev–Trinajstić information content (AvgIpc) is 3.02. The van der Waals surface area contributed by atoms with Crippen LogP contribution < -0.4 is 5.32 Å². The monoisotopic (exact) mass is 288 g/mol. The van der Waals surface area contributed by atoms with Crippen molar-refractivity contribution < 1.29 is 4.42 Å². The first-order valence-corrected chi connectivity index (χ1v) is 7.66. The Labute approximate surface area is 126 Å². The normalized spacial score (nSPS) is 15.6. The van der Waals surface area contributed by atoms with Crippen molar-refractivity contribution in [3.05, 3.63) is 41.4 Å². The van der Waals surface area contributed by atoms with Gasteiger partial charge in [-0.2, -0.15) is 0 Å². The number of nitrogens with zero attached hydrogens (tertiary/aromatic N) is 3. The maximum atomic E-state index is 5.91. The van der Waals surface area contributed by atoms with E-state index < -0.39 is 0 Å². The first-order valence-electron chi connectivity index (χ1n) is 7.66. The maximum Gasteiger partial charge on any atom is 0.122 e. The number of aryl methyl sites for hydroxylation is 1. The van der Waals surface area contributed by atoms with Crippen LogP contribution in [0.2, 0.25) is 0 Å². The van der Waals surface area contributed by atoms with Crippen molar-refractivity contribution in [3.63, 3.8) is 0 Å². The van der Waals surface area contributed by atoms with E-state index in [4.69, 9.17) is 4.42 Å². The summed E-state index contributed by atoms with van der Waals surface area (Å²) in [5, 5.41) is 3.44. The molecule has 0 fully saturated rings. The lowest BCUT2D eigenvalue weighted by Gasteiger charge is -2.26. The average molecular weight is 288 g/mol. The van der Waals surface area contributed by atoms with Crippen LogP contribution in [0, 0.1) is 6.92 Å². The van der Waals surface area contributed by atoms with Crippen LogP contribution in [-0.4, -0.2) is 27.0 Å². The minimum atomic E-state index is 0.490. The highest BCUT2D eigenvalue weighted by Gasteiger charge is 2.18. The smallest absolute Gasteiger partial charge is 0.122 e. The molecule has 0 saturated carbocycles. The van der Waals surface area contributed by atoms with Crippen molar-refractivity contribution in [2.45, 2.75) is 53.0 Å². The Balaban J connectivity index is 1.62. The Hall–Kier alpha value is -1.59. The molecule has 114 valence electrons. The van der Waals surface area contributed by atoms with Crippen LogP contribution in [0.1, 0.15) is 36.8 Å². The van der Waals surface area contributed by atoms with Gasteiger partial charge in [-0.15, -0.1) is 0 Å². The second kappa shape index (κ2) is 6.03. The molecule has 0 aliphatic carbocycles. The molecule has 1 aliphatic rings. The molecule has 1 aliphatic heterocycles. The molecule has 0 spiro atoms. The van der Waals surface area contributed by atoms with Gasteiger partial charge in [0.1, 0.15) is 17.3 Å². The van der Waals surface area contributed by atoms with Crippen molar-refractivity contribution >= 4 is 0 Å². The lowest BCUT2D eigenvalue weighted by Crippen LogP contribution is -2.33. The zero-order valence-corrected chi connectivity index (χ0v) is 13.1. The number of aromatic nitrogens is 2. The largest absolute Gasteiger partial charge is 0.465 e. The minimum absolute atomic E-state index is 0.490.